The molecule has 3 fully saturated rings. The maximum Gasteiger partial charge on any atom is 0.320 e. The van der Waals surface area contributed by atoms with E-state index in [1.165, 1.54) is 4.90 Å². The van der Waals surface area contributed by atoms with Crippen molar-refractivity contribution in [2.24, 2.45) is 16.0 Å². The summed E-state index contributed by atoms with van der Waals surface area (Å²) >= 11 is 25.2. The first-order chi connectivity index (χ1) is 25.4. The van der Waals surface area contributed by atoms with Gasteiger partial charge in [0.15, 0.2) is 12.4 Å². The molecule has 13 nitrogen and oxygen atoms in total. The van der Waals surface area contributed by atoms with Crippen LogP contribution in [0.25, 0.3) is 0 Å². The molecule has 0 radical (unpaired) electrons. The molecule has 0 spiro atoms. The van der Waals surface area contributed by atoms with E-state index in [2.05, 4.69) is 15.2 Å². The van der Waals surface area contributed by atoms with Crippen molar-refractivity contribution in [1.29, 1.82) is 0 Å². The summed E-state index contributed by atoms with van der Waals surface area (Å²) in [6.45, 7) is 4.98. The van der Waals surface area contributed by atoms with Crippen LogP contribution in [0.2, 0.25) is 20.1 Å². The number of nitrogens with zero attached hydrogens (tertiary/aromatic N) is 7. The number of piperidine rings is 1. The van der Waals surface area contributed by atoms with Crippen molar-refractivity contribution in [3.63, 3.8) is 0 Å². The molecule has 17 heteroatoms. The average molecular weight is 813 g/mol. The maximum absolute atomic E-state index is 13.5. The van der Waals surface area contributed by atoms with Crippen LogP contribution in [0.3, 0.4) is 0 Å². The fourth-order valence-electron chi connectivity index (χ4n) is 7.17. The van der Waals surface area contributed by atoms with Crippen LogP contribution >= 0.6 is 46.4 Å². The number of carbonyl (C=O) groups is 3. The lowest BCUT2D eigenvalue weighted by Crippen LogP contribution is -2.57. The van der Waals surface area contributed by atoms with Gasteiger partial charge in [0.05, 0.1) is 22.3 Å². The lowest BCUT2D eigenvalue weighted by atomic mass is 9.89. The molecule has 2 aromatic carbocycles. The number of oxime groups is 2. The molecule has 4 amide bonds. The Morgan fingerprint density at radius 1 is 0.962 bits per heavy atom. The predicted octanol–water partition coefficient (Wildman–Crippen LogP) is 5.88. The first-order valence-electron chi connectivity index (χ1n) is 17.8. The Balaban J connectivity index is 1.28. The summed E-state index contributed by atoms with van der Waals surface area (Å²) in [5.41, 5.74) is 7.27. The standard InChI is InChI=1S/C36H46Cl4N8O5/c1-44(35(50)25-17-26(37)20-27(38)18-25)21-32(43-53-23-33(41)42-52)29(24-5-6-30(39)31(40)19-24)9-16-45-14-7-28(8-15-45)48-13-4-12-47(36(48)51)22-34(49)46-10-2-3-11-46/h5-6,17-20,28-29,52H,2-4,7-16,21-23H2,1H3,(H2,41,42). The van der Waals surface area contributed by atoms with Crippen LogP contribution < -0.4 is 5.73 Å². The lowest BCUT2D eigenvalue weighted by Gasteiger charge is -2.43. The fourth-order valence-corrected chi connectivity index (χ4v) is 8.00. The fraction of sp³-hybridized carbons (Fsp3) is 0.528. The Hall–Kier alpha value is -3.49. The van der Waals surface area contributed by atoms with Crippen molar-refractivity contribution in [3.05, 3.63) is 67.6 Å². The molecule has 0 bridgehead atoms. The number of urea groups is 1. The number of hydrogen-bond acceptors (Lipinski definition) is 8. The first-order valence-corrected chi connectivity index (χ1v) is 19.3. The zero-order valence-electron chi connectivity index (χ0n) is 29.7. The van der Waals surface area contributed by atoms with Crippen LogP contribution in [-0.2, 0) is 9.63 Å². The molecule has 2 aromatic rings. The highest BCUT2D eigenvalue weighted by atomic mass is 35.5. The second-order valence-corrected chi connectivity index (χ2v) is 15.4. The minimum atomic E-state index is -0.377. The van der Waals surface area contributed by atoms with E-state index in [-0.39, 0.29) is 55.3 Å². The quantitative estimate of drug-likeness (QED) is 0.105. The molecule has 3 aliphatic heterocycles. The lowest BCUT2D eigenvalue weighted by molar-refractivity contribution is -0.131. The van der Waals surface area contributed by atoms with Crippen molar-refractivity contribution in [2.45, 2.75) is 50.5 Å². The van der Waals surface area contributed by atoms with Gasteiger partial charge >= 0.3 is 6.03 Å². The van der Waals surface area contributed by atoms with E-state index in [1.807, 2.05) is 15.9 Å². The van der Waals surface area contributed by atoms with Crippen molar-refractivity contribution in [3.8, 4) is 0 Å². The third-order valence-corrected chi connectivity index (χ3v) is 11.2. The molecule has 3 aliphatic rings. The molecule has 1 unspecified atom stereocenters. The second-order valence-electron chi connectivity index (χ2n) is 13.7. The zero-order chi connectivity index (χ0) is 38.1. The average Bonchev–Trinajstić information content (AvgIpc) is 3.69. The number of likely N-dealkylation sites (tertiary alicyclic amines) is 2. The van der Waals surface area contributed by atoms with Gasteiger partial charge in [-0.25, -0.2) is 4.79 Å². The summed E-state index contributed by atoms with van der Waals surface area (Å²) in [5.74, 6) is -0.849. The van der Waals surface area contributed by atoms with E-state index < -0.39 is 0 Å². The number of carbonyl (C=O) groups excluding carboxylic acids is 3. The van der Waals surface area contributed by atoms with Gasteiger partial charge in [-0.2, -0.15) is 0 Å². The van der Waals surface area contributed by atoms with E-state index >= 15 is 0 Å². The monoisotopic (exact) mass is 810 g/mol. The predicted molar refractivity (Wildman–Crippen MR) is 208 cm³/mol. The molecule has 0 aromatic heterocycles. The van der Waals surface area contributed by atoms with Gasteiger partial charge in [0.25, 0.3) is 5.91 Å². The van der Waals surface area contributed by atoms with E-state index in [0.29, 0.717) is 57.4 Å². The molecular weight excluding hydrogens is 766 g/mol. The van der Waals surface area contributed by atoms with E-state index in [0.717, 1.165) is 63.8 Å². The number of benzene rings is 2. The molecule has 288 valence electrons. The number of amides is 4. The summed E-state index contributed by atoms with van der Waals surface area (Å²) in [6, 6.07) is 10.0. The van der Waals surface area contributed by atoms with E-state index in [4.69, 9.17) is 62.2 Å². The van der Waals surface area contributed by atoms with Crippen LogP contribution in [0.15, 0.2) is 46.7 Å². The highest BCUT2D eigenvalue weighted by Gasteiger charge is 2.35. The highest BCUT2D eigenvalue weighted by molar-refractivity contribution is 6.42. The summed E-state index contributed by atoms with van der Waals surface area (Å²) in [5, 5.41) is 17.9. The van der Waals surface area contributed by atoms with Gasteiger partial charge in [0.1, 0.15) is 6.54 Å². The number of amidine groups is 1. The first kappa shape index (κ1) is 40.7. The summed E-state index contributed by atoms with van der Waals surface area (Å²) in [7, 11) is 1.64. The Morgan fingerprint density at radius 3 is 2.32 bits per heavy atom. The zero-order valence-corrected chi connectivity index (χ0v) is 32.8. The molecule has 0 saturated carbocycles. The van der Waals surface area contributed by atoms with Gasteiger partial charge in [-0.05, 0) is 81.0 Å². The normalized spacial score (nSPS) is 18.4. The molecule has 5 rings (SSSR count). The van der Waals surface area contributed by atoms with Gasteiger partial charge < -0.3 is 40.3 Å². The molecular formula is C36H46Cl4N8O5. The smallest absolute Gasteiger partial charge is 0.320 e. The Kier molecular flexibility index (Phi) is 14.7. The molecule has 3 heterocycles. The molecule has 0 aliphatic carbocycles. The second kappa shape index (κ2) is 19.2. The van der Waals surface area contributed by atoms with Crippen molar-refractivity contribution in [2.75, 3.05) is 72.6 Å². The molecule has 53 heavy (non-hydrogen) atoms. The number of hydrogen-bond donors (Lipinski definition) is 2. The van der Waals surface area contributed by atoms with Crippen molar-refractivity contribution >= 4 is 75.8 Å². The Morgan fingerprint density at radius 2 is 1.66 bits per heavy atom. The van der Waals surface area contributed by atoms with Gasteiger partial charge in [0.2, 0.25) is 5.91 Å². The van der Waals surface area contributed by atoms with Gasteiger partial charge in [-0.1, -0.05) is 62.8 Å². The topological polar surface area (TPSA) is 148 Å². The summed E-state index contributed by atoms with van der Waals surface area (Å²) in [6.07, 6.45) is 5.07. The minimum Gasteiger partial charge on any atom is -0.409 e. The largest absolute Gasteiger partial charge is 0.409 e. The third-order valence-electron chi connectivity index (χ3n) is 9.99. The molecule has 1 atom stereocenters. The maximum atomic E-state index is 13.5. The van der Waals surface area contributed by atoms with Crippen LogP contribution in [0.4, 0.5) is 4.79 Å². The van der Waals surface area contributed by atoms with Crippen molar-refractivity contribution in [1.82, 2.24) is 24.5 Å². The van der Waals surface area contributed by atoms with Crippen LogP contribution in [0, 0.1) is 0 Å². The van der Waals surface area contributed by atoms with Gasteiger partial charge in [-0.15, -0.1) is 0 Å². The number of nitrogens with two attached hydrogens (primary N) is 1. The Bertz CT molecular complexity index is 1660. The van der Waals surface area contributed by atoms with Crippen LogP contribution in [-0.4, -0.2) is 138 Å². The van der Waals surface area contributed by atoms with Crippen LogP contribution in [0.1, 0.15) is 60.4 Å². The molecule has 3 N–H and O–H groups in total. The van der Waals surface area contributed by atoms with Crippen molar-refractivity contribution < 1.29 is 24.4 Å². The highest BCUT2D eigenvalue weighted by Crippen LogP contribution is 2.31. The molecule has 3 saturated heterocycles. The van der Waals surface area contributed by atoms with E-state index in [1.54, 1.807) is 42.3 Å². The van der Waals surface area contributed by atoms with Crippen LogP contribution in [0.5, 0.6) is 0 Å². The third kappa shape index (κ3) is 11.0. The minimum absolute atomic E-state index is 0.0340. The van der Waals surface area contributed by atoms with E-state index in [9.17, 15) is 14.4 Å². The van der Waals surface area contributed by atoms with Gasteiger partial charge in [0, 0.05) is 73.9 Å². The summed E-state index contributed by atoms with van der Waals surface area (Å²) < 4.78 is 0. The Labute approximate surface area is 330 Å². The summed E-state index contributed by atoms with van der Waals surface area (Å²) in [4.78, 5) is 54.8. The number of rotatable bonds is 14. The number of halogens is 4. The van der Waals surface area contributed by atoms with Gasteiger partial charge in [-0.3, -0.25) is 9.59 Å². The SMILES string of the molecule is CN(CC(=NOCC(N)=NO)C(CCN1CCC(N2CCCN(CC(=O)N3CCCC3)C2=O)CC1)c1ccc(Cl)c(Cl)c1)C(=O)c1cc(Cl)cc(Cl)c1.